The largest absolute Gasteiger partial charge is 0.481 e. The maximum atomic E-state index is 11.9. The minimum absolute atomic E-state index is 0.134. The quantitative estimate of drug-likeness (QED) is 0.615. The Bertz CT molecular complexity index is 496. The highest BCUT2D eigenvalue weighted by Crippen LogP contribution is 2.17. The van der Waals surface area contributed by atoms with Crippen LogP contribution in [0.2, 0.25) is 0 Å². The molecule has 6 nitrogen and oxygen atoms in total. The fourth-order valence-corrected chi connectivity index (χ4v) is 3.15. The van der Waals surface area contributed by atoms with Crippen molar-refractivity contribution in [2.24, 2.45) is 5.92 Å². The van der Waals surface area contributed by atoms with Gasteiger partial charge in [0.2, 0.25) is 10.0 Å². The standard InChI is InChI=1S/C13H22N2O4S/c1-2-3-11(4-5-13(16)17)6-9-15-20(18,19)12-7-8-14-10-12/h7-8,10-11,14-15H,2-6,9H2,1H3,(H,16,17). The lowest BCUT2D eigenvalue weighted by Crippen LogP contribution is -2.26. The number of carboxylic acids is 1. The first kappa shape index (κ1) is 16.7. The Hall–Kier alpha value is -1.34. The Kier molecular flexibility index (Phi) is 6.74. The molecule has 0 saturated carbocycles. The molecule has 0 saturated heterocycles. The zero-order valence-electron chi connectivity index (χ0n) is 11.6. The lowest BCUT2D eigenvalue weighted by Gasteiger charge is -2.15. The topological polar surface area (TPSA) is 99.3 Å². The summed E-state index contributed by atoms with van der Waals surface area (Å²) < 4.78 is 26.3. The normalized spacial score (nSPS) is 13.2. The predicted octanol–water partition coefficient (Wildman–Crippen LogP) is 1.96. The van der Waals surface area contributed by atoms with Crippen molar-refractivity contribution in [3.63, 3.8) is 0 Å². The third-order valence-electron chi connectivity index (χ3n) is 3.19. The molecule has 0 radical (unpaired) electrons. The molecule has 114 valence electrons. The van der Waals surface area contributed by atoms with E-state index in [1.165, 1.54) is 12.3 Å². The van der Waals surface area contributed by atoms with E-state index < -0.39 is 16.0 Å². The molecule has 0 amide bonds. The molecule has 1 unspecified atom stereocenters. The van der Waals surface area contributed by atoms with Crippen molar-refractivity contribution in [2.75, 3.05) is 6.54 Å². The Balaban J connectivity index is 2.41. The van der Waals surface area contributed by atoms with Crippen molar-refractivity contribution in [1.29, 1.82) is 0 Å². The second-order valence-electron chi connectivity index (χ2n) is 4.82. The van der Waals surface area contributed by atoms with E-state index in [0.717, 1.165) is 12.8 Å². The van der Waals surface area contributed by atoms with Crippen LogP contribution in [0.1, 0.15) is 39.0 Å². The molecule has 1 atom stereocenters. The molecule has 0 aromatic carbocycles. The zero-order valence-corrected chi connectivity index (χ0v) is 12.4. The second-order valence-corrected chi connectivity index (χ2v) is 6.59. The molecule has 0 fully saturated rings. The van der Waals surface area contributed by atoms with E-state index >= 15 is 0 Å². The molecule has 3 N–H and O–H groups in total. The number of aromatic amines is 1. The maximum absolute atomic E-state index is 11.9. The Morgan fingerprint density at radius 1 is 1.40 bits per heavy atom. The second kappa shape index (κ2) is 8.06. The number of nitrogens with one attached hydrogen (secondary N) is 2. The molecule has 1 rings (SSSR count). The van der Waals surface area contributed by atoms with Crippen LogP contribution in [0.15, 0.2) is 23.4 Å². The summed E-state index contributed by atoms with van der Waals surface area (Å²) in [4.78, 5) is 13.5. The molecule has 1 heterocycles. The van der Waals surface area contributed by atoms with Gasteiger partial charge in [-0.15, -0.1) is 0 Å². The van der Waals surface area contributed by atoms with Gasteiger partial charge in [0.15, 0.2) is 0 Å². The average Bonchev–Trinajstić information content (AvgIpc) is 2.90. The first-order valence-electron chi connectivity index (χ1n) is 6.80. The molecule has 7 heteroatoms. The van der Waals surface area contributed by atoms with Crippen LogP contribution in [0.5, 0.6) is 0 Å². The van der Waals surface area contributed by atoms with Gasteiger partial charge >= 0.3 is 5.97 Å². The Labute approximate surface area is 119 Å². The van der Waals surface area contributed by atoms with Gasteiger partial charge in [0.25, 0.3) is 0 Å². The van der Waals surface area contributed by atoms with Gasteiger partial charge in [-0.25, -0.2) is 13.1 Å². The number of hydrogen-bond donors (Lipinski definition) is 3. The number of sulfonamides is 1. The van der Waals surface area contributed by atoms with Gasteiger partial charge in [0.1, 0.15) is 0 Å². The van der Waals surface area contributed by atoms with Crippen molar-refractivity contribution in [2.45, 2.75) is 43.9 Å². The molecule has 1 aromatic rings. The van der Waals surface area contributed by atoms with Crippen molar-refractivity contribution in [3.05, 3.63) is 18.5 Å². The molecule has 0 aliphatic heterocycles. The highest BCUT2D eigenvalue weighted by Gasteiger charge is 2.15. The van der Waals surface area contributed by atoms with Gasteiger partial charge in [-0.05, 0) is 24.8 Å². The summed E-state index contributed by atoms with van der Waals surface area (Å²) in [5.74, 6) is -0.566. The number of aliphatic carboxylic acids is 1. The number of aromatic nitrogens is 1. The maximum Gasteiger partial charge on any atom is 0.303 e. The van der Waals surface area contributed by atoms with Gasteiger partial charge in [-0.2, -0.15) is 0 Å². The summed E-state index contributed by atoms with van der Waals surface area (Å²) in [6.45, 7) is 2.37. The van der Waals surface area contributed by atoms with Crippen molar-refractivity contribution < 1.29 is 18.3 Å². The zero-order chi connectivity index (χ0) is 15.0. The lowest BCUT2D eigenvalue weighted by molar-refractivity contribution is -0.137. The number of hydrogen-bond acceptors (Lipinski definition) is 3. The van der Waals surface area contributed by atoms with Crippen molar-refractivity contribution >= 4 is 16.0 Å². The van der Waals surface area contributed by atoms with E-state index in [9.17, 15) is 13.2 Å². The third-order valence-corrected chi connectivity index (χ3v) is 4.65. The van der Waals surface area contributed by atoms with Crippen LogP contribution in [0.3, 0.4) is 0 Å². The third kappa shape index (κ3) is 5.75. The van der Waals surface area contributed by atoms with Crippen LogP contribution in [-0.2, 0) is 14.8 Å². The summed E-state index contributed by atoms with van der Waals surface area (Å²) in [6.07, 6.45) is 6.25. The molecule has 0 bridgehead atoms. The predicted molar refractivity (Wildman–Crippen MR) is 75.9 cm³/mol. The Morgan fingerprint density at radius 3 is 2.70 bits per heavy atom. The lowest BCUT2D eigenvalue weighted by atomic mass is 9.95. The highest BCUT2D eigenvalue weighted by molar-refractivity contribution is 7.89. The van der Waals surface area contributed by atoms with E-state index in [-0.39, 0.29) is 17.2 Å². The summed E-state index contributed by atoms with van der Waals surface area (Å²) in [7, 11) is -3.46. The van der Waals surface area contributed by atoms with E-state index in [4.69, 9.17) is 5.11 Å². The smallest absolute Gasteiger partial charge is 0.303 e. The Morgan fingerprint density at radius 2 is 2.15 bits per heavy atom. The number of H-pyrrole nitrogens is 1. The van der Waals surface area contributed by atoms with Crippen LogP contribution in [0.4, 0.5) is 0 Å². The minimum Gasteiger partial charge on any atom is -0.481 e. The number of rotatable bonds is 10. The van der Waals surface area contributed by atoms with Crippen LogP contribution >= 0.6 is 0 Å². The summed E-state index contributed by atoms with van der Waals surface area (Å²) >= 11 is 0. The molecular formula is C13H22N2O4S. The molecule has 0 spiro atoms. The molecule has 1 aromatic heterocycles. The summed E-state index contributed by atoms with van der Waals surface area (Å²) in [5.41, 5.74) is 0. The number of carboxylic acid groups (broad SMARTS) is 1. The van der Waals surface area contributed by atoms with Gasteiger partial charge in [-0.1, -0.05) is 19.8 Å². The minimum atomic E-state index is -3.46. The number of carbonyl (C=O) groups is 1. The van der Waals surface area contributed by atoms with Gasteiger partial charge in [0.05, 0.1) is 4.90 Å². The fraction of sp³-hybridized carbons (Fsp3) is 0.615. The van der Waals surface area contributed by atoms with Gasteiger partial charge in [-0.3, -0.25) is 4.79 Å². The average molecular weight is 302 g/mol. The van der Waals surface area contributed by atoms with Crippen LogP contribution < -0.4 is 4.72 Å². The van der Waals surface area contributed by atoms with Crippen LogP contribution in [0, 0.1) is 5.92 Å². The van der Waals surface area contributed by atoms with Crippen molar-refractivity contribution in [1.82, 2.24) is 9.71 Å². The van der Waals surface area contributed by atoms with E-state index in [1.54, 1.807) is 6.20 Å². The van der Waals surface area contributed by atoms with E-state index in [1.807, 2.05) is 6.92 Å². The molecule has 0 aliphatic rings. The molecular weight excluding hydrogens is 280 g/mol. The van der Waals surface area contributed by atoms with Gasteiger partial charge < -0.3 is 10.1 Å². The summed E-state index contributed by atoms with van der Waals surface area (Å²) in [5, 5.41) is 8.70. The monoisotopic (exact) mass is 302 g/mol. The van der Waals surface area contributed by atoms with Gasteiger partial charge in [0, 0.05) is 25.4 Å². The highest BCUT2D eigenvalue weighted by atomic mass is 32.2. The van der Waals surface area contributed by atoms with E-state index in [0.29, 0.717) is 19.4 Å². The fourth-order valence-electron chi connectivity index (χ4n) is 2.13. The SMILES string of the molecule is CCCC(CCNS(=O)(=O)c1cc[nH]c1)CCC(=O)O. The first-order chi connectivity index (χ1) is 9.45. The van der Waals surface area contributed by atoms with Crippen molar-refractivity contribution in [3.8, 4) is 0 Å². The van der Waals surface area contributed by atoms with Crippen LogP contribution in [0.25, 0.3) is 0 Å². The molecule has 20 heavy (non-hydrogen) atoms. The summed E-state index contributed by atoms with van der Waals surface area (Å²) in [6, 6.07) is 1.50. The first-order valence-corrected chi connectivity index (χ1v) is 8.28. The van der Waals surface area contributed by atoms with E-state index in [2.05, 4.69) is 9.71 Å². The van der Waals surface area contributed by atoms with Crippen LogP contribution in [-0.4, -0.2) is 31.0 Å². The molecule has 0 aliphatic carbocycles.